The standard InChI is InChI=1S/C23H25F5N2O3/c1-3-22(24,25)33-14-19-10-6-17(15-4-8-18(9-5-15)23(26,27)28)13-30(19)20-11-7-16(12-29-20)21(31)32-2/h4-5,7-9,11-12,17,19H,3,6,10,13-14H2,1-2H3/t17?,19-/m0/s1. The van der Waals surface area contributed by atoms with Crippen molar-refractivity contribution in [3.05, 3.63) is 59.3 Å². The number of anilines is 1. The third kappa shape index (κ3) is 6.19. The van der Waals surface area contributed by atoms with E-state index in [1.165, 1.54) is 38.4 Å². The summed E-state index contributed by atoms with van der Waals surface area (Å²) in [6.45, 7) is 1.44. The maximum atomic E-state index is 13.7. The molecule has 0 amide bonds. The predicted molar refractivity (Wildman–Crippen MR) is 111 cm³/mol. The van der Waals surface area contributed by atoms with Crippen molar-refractivity contribution >= 4 is 11.8 Å². The first kappa shape index (κ1) is 24.9. The van der Waals surface area contributed by atoms with Gasteiger partial charge >= 0.3 is 18.3 Å². The van der Waals surface area contributed by atoms with E-state index >= 15 is 0 Å². The first-order chi connectivity index (χ1) is 15.5. The third-order valence-electron chi connectivity index (χ3n) is 5.78. The molecule has 0 radical (unpaired) electrons. The molecule has 180 valence electrons. The Morgan fingerprint density at radius 2 is 1.79 bits per heavy atom. The number of benzene rings is 1. The average molecular weight is 472 g/mol. The fraction of sp³-hybridized carbons (Fsp3) is 0.478. The van der Waals surface area contributed by atoms with E-state index in [2.05, 4.69) is 9.72 Å². The van der Waals surface area contributed by atoms with Crippen molar-refractivity contribution in [3.63, 3.8) is 0 Å². The number of carbonyl (C=O) groups is 1. The Balaban J connectivity index is 1.83. The molecule has 0 aliphatic carbocycles. The third-order valence-corrected chi connectivity index (χ3v) is 5.78. The molecule has 2 aromatic rings. The van der Waals surface area contributed by atoms with Gasteiger partial charge in [-0.05, 0) is 42.7 Å². The molecule has 10 heteroatoms. The fourth-order valence-electron chi connectivity index (χ4n) is 3.81. The number of piperidine rings is 1. The number of ether oxygens (including phenoxy) is 2. The number of nitrogens with zero attached hydrogens (tertiary/aromatic N) is 2. The molecule has 2 heterocycles. The summed E-state index contributed by atoms with van der Waals surface area (Å²) in [6.07, 6.45) is -5.73. The monoisotopic (exact) mass is 472 g/mol. The number of pyridine rings is 1. The topological polar surface area (TPSA) is 51.7 Å². The summed E-state index contributed by atoms with van der Waals surface area (Å²) in [6, 6.07) is 7.67. The van der Waals surface area contributed by atoms with Gasteiger partial charge in [0.25, 0.3) is 0 Å². The first-order valence-corrected chi connectivity index (χ1v) is 10.5. The Morgan fingerprint density at radius 1 is 1.09 bits per heavy atom. The van der Waals surface area contributed by atoms with Gasteiger partial charge in [-0.25, -0.2) is 9.78 Å². The lowest BCUT2D eigenvalue weighted by molar-refractivity contribution is -0.241. The summed E-state index contributed by atoms with van der Waals surface area (Å²) >= 11 is 0. The zero-order chi connectivity index (χ0) is 24.2. The van der Waals surface area contributed by atoms with E-state index in [-0.39, 0.29) is 18.1 Å². The van der Waals surface area contributed by atoms with E-state index in [0.717, 1.165) is 17.7 Å². The van der Waals surface area contributed by atoms with Gasteiger partial charge in [0, 0.05) is 25.1 Å². The van der Waals surface area contributed by atoms with Crippen LogP contribution < -0.4 is 4.90 Å². The van der Waals surface area contributed by atoms with Crippen LogP contribution in [-0.2, 0) is 15.7 Å². The molecule has 0 saturated carbocycles. The summed E-state index contributed by atoms with van der Waals surface area (Å²) in [5, 5.41) is 0. The van der Waals surface area contributed by atoms with Crippen LogP contribution in [0.1, 0.15) is 53.6 Å². The molecule has 0 bridgehead atoms. The van der Waals surface area contributed by atoms with Crippen LogP contribution in [0.2, 0.25) is 0 Å². The Hall–Kier alpha value is -2.75. The van der Waals surface area contributed by atoms with E-state index in [4.69, 9.17) is 4.74 Å². The highest BCUT2D eigenvalue weighted by molar-refractivity contribution is 5.89. The smallest absolute Gasteiger partial charge is 0.416 e. The molecule has 3 rings (SSSR count). The van der Waals surface area contributed by atoms with Crippen molar-refractivity contribution in [3.8, 4) is 0 Å². The number of alkyl halides is 5. The summed E-state index contributed by atoms with van der Waals surface area (Å²) < 4.78 is 75.6. The predicted octanol–water partition coefficient (Wildman–Crippen LogP) is 5.66. The van der Waals surface area contributed by atoms with Crippen molar-refractivity contribution in [2.75, 3.05) is 25.2 Å². The minimum atomic E-state index is -4.42. The Kier molecular flexibility index (Phi) is 7.56. The lowest BCUT2D eigenvalue weighted by atomic mass is 9.87. The van der Waals surface area contributed by atoms with E-state index in [1.54, 1.807) is 11.0 Å². The minimum Gasteiger partial charge on any atom is -0.465 e. The van der Waals surface area contributed by atoms with Crippen LogP contribution in [0.4, 0.5) is 27.8 Å². The van der Waals surface area contributed by atoms with Gasteiger partial charge in [0.2, 0.25) is 0 Å². The molecule has 0 spiro atoms. The molecule has 5 nitrogen and oxygen atoms in total. The molecule has 1 aliphatic rings. The molecular formula is C23H25F5N2O3. The Bertz CT molecular complexity index is 933. The number of hydrogen-bond acceptors (Lipinski definition) is 5. The Morgan fingerprint density at radius 3 is 2.33 bits per heavy atom. The maximum Gasteiger partial charge on any atom is 0.416 e. The summed E-state index contributed by atoms with van der Waals surface area (Å²) in [5.41, 5.74) is 0.229. The average Bonchev–Trinajstić information content (AvgIpc) is 2.82. The van der Waals surface area contributed by atoms with Crippen molar-refractivity contribution < 1.29 is 36.2 Å². The van der Waals surface area contributed by atoms with Crippen molar-refractivity contribution in [2.45, 2.75) is 50.4 Å². The zero-order valence-corrected chi connectivity index (χ0v) is 18.2. The molecule has 33 heavy (non-hydrogen) atoms. The van der Waals surface area contributed by atoms with Crippen LogP contribution in [-0.4, -0.2) is 43.4 Å². The summed E-state index contributed by atoms with van der Waals surface area (Å²) in [5.74, 6) is -0.234. The Labute approximate surface area is 188 Å². The van der Waals surface area contributed by atoms with Gasteiger partial charge in [0.15, 0.2) is 0 Å². The lowest BCUT2D eigenvalue weighted by Crippen LogP contribution is -2.46. The minimum absolute atomic E-state index is 0.127. The normalized spacial score (nSPS) is 19.4. The fourth-order valence-corrected chi connectivity index (χ4v) is 3.81. The number of aromatic nitrogens is 1. The molecule has 1 aromatic heterocycles. The van der Waals surface area contributed by atoms with Gasteiger partial charge in [0.05, 0.1) is 30.9 Å². The summed E-state index contributed by atoms with van der Waals surface area (Å²) in [4.78, 5) is 17.8. The van der Waals surface area contributed by atoms with Crippen molar-refractivity contribution in [1.82, 2.24) is 4.98 Å². The van der Waals surface area contributed by atoms with Crippen LogP contribution in [0.25, 0.3) is 0 Å². The quantitative estimate of drug-likeness (QED) is 0.385. The number of carbonyl (C=O) groups excluding carboxylic acids is 1. The van der Waals surface area contributed by atoms with Crippen molar-refractivity contribution in [2.24, 2.45) is 0 Å². The van der Waals surface area contributed by atoms with Gasteiger partial charge in [-0.2, -0.15) is 22.0 Å². The molecule has 1 fully saturated rings. The molecular weight excluding hydrogens is 447 g/mol. The largest absolute Gasteiger partial charge is 0.465 e. The molecule has 1 aliphatic heterocycles. The number of halogens is 5. The molecule has 1 aromatic carbocycles. The van der Waals surface area contributed by atoms with Crippen LogP contribution in [0.3, 0.4) is 0 Å². The highest BCUT2D eigenvalue weighted by Gasteiger charge is 2.35. The second-order valence-corrected chi connectivity index (χ2v) is 7.90. The number of rotatable bonds is 7. The van der Waals surface area contributed by atoms with Gasteiger partial charge in [-0.3, -0.25) is 0 Å². The highest BCUT2D eigenvalue weighted by atomic mass is 19.4. The van der Waals surface area contributed by atoms with Crippen LogP contribution in [0.5, 0.6) is 0 Å². The molecule has 1 saturated heterocycles. The second kappa shape index (κ2) is 10.0. The SMILES string of the molecule is CCC(F)(F)OC[C@@H]1CCC(c2ccc(C(F)(F)F)cc2)CN1c1ccc(C(=O)OC)cn1. The number of hydrogen-bond donors (Lipinski definition) is 0. The summed E-state index contributed by atoms with van der Waals surface area (Å²) in [7, 11) is 1.25. The molecule has 0 N–H and O–H groups in total. The van der Waals surface area contributed by atoms with Crippen LogP contribution in [0, 0.1) is 0 Å². The van der Waals surface area contributed by atoms with Gasteiger partial charge in [-0.15, -0.1) is 0 Å². The highest BCUT2D eigenvalue weighted by Crippen LogP contribution is 2.36. The molecule has 1 unspecified atom stereocenters. The van der Waals surface area contributed by atoms with Gasteiger partial charge < -0.3 is 14.4 Å². The van der Waals surface area contributed by atoms with E-state index < -0.39 is 36.3 Å². The maximum absolute atomic E-state index is 13.7. The molecule has 2 atom stereocenters. The zero-order valence-electron chi connectivity index (χ0n) is 18.2. The van der Waals surface area contributed by atoms with Crippen LogP contribution >= 0.6 is 0 Å². The van der Waals surface area contributed by atoms with E-state index in [0.29, 0.717) is 25.2 Å². The first-order valence-electron chi connectivity index (χ1n) is 10.5. The number of esters is 1. The van der Waals surface area contributed by atoms with E-state index in [9.17, 15) is 26.7 Å². The van der Waals surface area contributed by atoms with Gasteiger partial charge in [-0.1, -0.05) is 19.1 Å². The van der Waals surface area contributed by atoms with E-state index in [1.807, 2.05) is 0 Å². The lowest BCUT2D eigenvalue weighted by Gasteiger charge is -2.41. The van der Waals surface area contributed by atoms with Crippen molar-refractivity contribution in [1.29, 1.82) is 0 Å². The van der Waals surface area contributed by atoms with Gasteiger partial charge in [0.1, 0.15) is 5.82 Å². The number of methoxy groups -OCH3 is 1. The van der Waals surface area contributed by atoms with Crippen LogP contribution in [0.15, 0.2) is 42.6 Å². The second-order valence-electron chi connectivity index (χ2n) is 7.90.